The minimum absolute atomic E-state index is 0. The van der Waals surface area contributed by atoms with Gasteiger partial charge in [-0.1, -0.05) is 30.3 Å². The lowest BCUT2D eigenvalue weighted by Crippen LogP contribution is -2.53. The van der Waals surface area contributed by atoms with Gasteiger partial charge in [-0.25, -0.2) is 0 Å². The second kappa shape index (κ2) is 11.3. The number of anilines is 1. The molecule has 1 saturated heterocycles. The van der Waals surface area contributed by atoms with Crippen LogP contribution in [0.2, 0.25) is 0 Å². The summed E-state index contributed by atoms with van der Waals surface area (Å²) in [5.74, 6) is 1.69. The lowest BCUT2D eigenvalue weighted by atomic mass is 10.2. The number of nitrogens with one attached hydrogen (secondary N) is 1. The Labute approximate surface area is 186 Å². The monoisotopic (exact) mass is 514 g/mol. The number of guanidine groups is 1. The molecule has 0 bridgehead atoms. The number of halogens is 1. The van der Waals surface area contributed by atoms with Gasteiger partial charge in [0, 0.05) is 50.4 Å². The average Bonchev–Trinajstić information content (AvgIpc) is 2.72. The van der Waals surface area contributed by atoms with E-state index in [1.54, 1.807) is 13.1 Å². The van der Waals surface area contributed by atoms with Gasteiger partial charge >= 0.3 is 0 Å². The van der Waals surface area contributed by atoms with E-state index in [9.17, 15) is 9.32 Å². The molecule has 2 aromatic rings. The number of nitrogens with zero attached hydrogens (tertiary/aromatic N) is 3. The van der Waals surface area contributed by atoms with Crippen molar-refractivity contribution in [3.63, 3.8) is 0 Å². The molecule has 0 amide bonds. The van der Waals surface area contributed by atoms with Gasteiger partial charge in [-0.2, -0.15) is 0 Å². The van der Waals surface area contributed by atoms with Crippen molar-refractivity contribution in [1.29, 1.82) is 0 Å². The highest BCUT2D eigenvalue weighted by atomic mass is 127. The van der Waals surface area contributed by atoms with Crippen molar-refractivity contribution >= 4 is 46.4 Å². The number of aromatic hydroxyl groups is 1. The van der Waals surface area contributed by atoms with E-state index in [0.29, 0.717) is 18.0 Å². The number of phenolic OH excluding ortho intramolecular Hbond substituents is 1. The fourth-order valence-electron chi connectivity index (χ4n) is 3.17. The quantitative estimate of drug-likeness (QED) is 0.365. The smallest absolute Gasteiger partial charge is 0.193 e. The molecule has 152 valence electrons. The number of phenols is 1. The first-order valence-corrected chi connectivity index (χ1v) is 10.4. The average molecular weight is 514 g/mol. The summed E-state index contributed by atoms with van der Waals surface area (Å²) in [4.78, 5) is 9.59. The topological polar surface area (TPSA) is 68.2 Å². The van der Waals surface area contributed by atoms with Gasteiger partial charge in [0.15, 0.2) is 5.96 Å². The summed E-state index contributed by atoms with van der Waals surface area (Å²) in [7, 11) is 0.758. The molecule has 0 saturated carbocycles. The molecule has 1 aliphatic rings. The third-order valence-corrected chi connectivity index (χ3v) is 5.96. The summed E-state index contributed by atoms with van der Waals surface area (Å²) >= 11 is 0. The van der Waals surface area contributed by atoms with Crippen LogP contribution in [0.3, 0.4) is 0 Å². The normalized spacial score (nSPS) is 15.7. The molecule has 0 aliphatic carbocycles. The zero-order valence-corrected chi connectivity index (χ0v) is 19.1. The number of piperazine rings is 1. The number of hydrogen-bond donors (Lipinski definition) is 2. The van der Waals surface area contributed by atoms with Gasteiger partial charge in [-0.15, -0.1) is 24.0 Å². The number of benzene rings is 2. The molecular weight excluding hydrogens is 487 g/mol. The highest BCUT2D eigenvalue weighted by molar-refractivity contribution is 14.0. The van der Waals surface area contributed by atoms with Crippen molar-refractivity contribution in [2.75, 3.05) is 50.4 Å². The fraction of sp³-hybridized carbons (Fsp3) is 0.350. The van der Waals surface area contributed by atoms with Crippen LogP contribution in [0.4, 0.5) is 5.69 Å². The van der Waals surface area contributed by atoms with E-state index in [4.69, 9.17) is 0 Å². The Balaban J connectivity index is 0.00000280. The zero-order valence-electron chi connectivity index (χ0n) is 16.0. The molecule has 1 heterocycles. The summed E-state index contributed by atoms with van der Waals surface area (Å²) in [5.41, 5.74) is 0.873. The van der Waals surface area contributed by atoms with E-state index >= 15 is 0 Å². The summed E-state index contributed by atoms with van der Waals surface area (Å²) in [6.45, 7) is 3.86. The summed E-state index contributed by atoms with van der Waals surface area (Å²) < 4.78 is 12.3. The first-order valence-electron chi connectivity index (χ1n) is 9.11. The second-order valence-corrected chi connectivity index (χ2v) is 7.87. The molecule has 28 heavy (non-hydrogen) atoms. The van der Waals surface area contributed by atoms with Crippen LogP contribution in [0.5, 0.6) is 5.75 Å². The molecule has 1 atom stereocenters. The van der Waals surface area contributed by atoms with Crippen LogP contribution < -0.4 is 10.2 Å². The third-order valence-electron chi connectivity index (χ3n) is 4.59. The lowest BCUT2D eigenvalue weighted by Gasteiger charge is -2.37. The maximum absolute atomic E-state index is 12.3. The van der Waals surface area contributed by atoms with Crippen molar-refractivity contribution < 1.29 is 9.32 Å². The van der Waals surface area contributed by atoms with Gasteiger partial charge in [0.1, 0.15) is 5.75 Å². The summed E-state index contributed by atoms with van der Waals surface area (Å²) in [6.07, 6.45) is 0. The van der Waals surface area contributed by atoms with Gasteiger partial charge in [0.05, 0.1) is 16.5 Å². The molecule has 3 rings (SSSR count). The molecule has 2 N–H and O–H groups in total. The first-order chi connectivity index (χ1) is 13.2. The standard InChI is InChI=1S/C20H26N4O2S.HI/c1-21-20(22-11-16-27(26)17-7-3-2-4-8-17)24-14-12-23(13-15-24)18-9-5-6-10-19(18)25;/h2-10,25H,11-16H2,1H3,(H,21,22);1H. The predicted molar refractivity (Wildman–Crippen MR) is 126 cm³/mol. The van der Waals surface area contributed by atoms with Crippen LogP contribution in [0.15, 0.2) is 64.5 Å². The Morgan fingerprint density at radius 3 is 2.36 bits per heavy atom. The van der Waals surface area contributed by atoms with Gasteiger partial charge in [-0.05, 0) is 24.3 Å². The van der Waals surface area contributed by atoms with Crippen LogP contribution in [-0.2, 0) is 10.8 Å². The number of rotatable bonds is 5. The maximum atomic E-state index is 12.3. The second-order valence-electron chi connectivity index (χ2n) is 6.30. The summed E-state index contributed by atoms with van der Waals surface area (Å²) in [5, 5.41) is 13.3. The van der Waals surface area contributed by atoms with Crippen molar-refractivity contribution in [3.05, 3.63) is 54.6 Å². The van der Waals surface area contributed by atoms with Gasteiger partial charge in [0.2, 0.25) is 0 Å². The van der Waals surface area contributed by atoms with Crippen LogP contribution in [0.25, 0.3) is 0 Å². The van der Waals surface area contributed by atoms with Crippen molar-refractivity contribution in [2.24, 2.45) is 4.99 Å². The van der Waals surface area contributed by atoms with Gasteiger partial charge < -0.3 is 20.2 Å². The minimum Gasteiger partial charge on any atom is -0.506 e. The first kappa shape index (κ1) is 22.5. The lowest BCUT2D eigenvalue weighted by molar-refractivity contribution is 0.371. The molecule has 1 fully saturated rings. The Bertz CT molecular complexity index is 796. The van der Waals surface area contributed by atoms with Crippen molar-refractivity contribution in [2.45, 2.75) is 4.90 Å². The molecular formula is C20H27IN4O2S. The predicted octanol–water partition coefficient (Wildman–Crippen LogP) is 2.52. The molecule has 0 radical (unpaired) electrons. The van der Waals surface area contributed by atoms with Crippen LogP contribution in [0, 0.1) is 0 Å². The van der Waals surface area contributed by atoms with E-state index in [0.717, 1.165) is 42.7 Å². The van der Waals surface area contributed by atoms with E-state index in [1.165, 1.54) is 0 Å². The largest absolute Gasteiger partial charge is 0.506 e. The van der Waals surface area contributed by atoms with E-state index in [-0.39, 0.29) is 24.0 Å². The maximum Gasteiger partial charge on any atom is 0.193 e. The van der Waals surface area contributed by atoms with Crippen LogP contribution in [-0.4, -0.2) is 65.7 Å². The van der Waals surface area contributed by atoms with Crippen molar-refractivity contribution in [3.8, 4) is 5.75 Å². The molecule has 1 unspecified atom stereocenters. The Kier molecular flexibility index (Phi) is 9.04. The van der Waals surface area contributed by atoms with Crippen LogP contribution in [0.1, 0.15) is 0 Å². The highest BCUT2D eigenvalue weighted by Gasteiger charge is 2.21. The number of aliphatic imine (C=N–C) groups is 1. The molecule has 0 aromatic heterocycles. The van der Waals surface area contributed by atoms with Gasteiger partial charge in [-0.3, -0.25) is 9.20 Å². The number of hydrogen-bond acceptors (Lipinski definition) is 4. The van der Waals surface area contributed by atoms with Crippen molar-refractivity contribution in [1.82, 2.24) is 10.2 Å². The Morgan fingerprint density at radius 2 is 1.71 bits per heavy atom. The zero-order chi connectivity index (χ0) is 19.1. The molecule has 6 nitrogen and oxygen atoms in total. The van der Waals surface area contributed by atoms with E-state index in [2.05, 4.69) is 20.1 Å². The molecule has 8 heteroatoms. The van der Waals surface area contributed by atoms with Gasteiger partial charge in [0.25, 0.3) is 0 Å². The molecule has 0 spiro atoms. The minimum atomic E-state index is -1.01. The number of para-hydroxylation sites is 2. The SMILES string of the molecule is CN=C(NCCS(=O)c1ccccc1)N1CCN(c2ccccc2O)CC1.I. The Hall–Kier alpha value is -1.81. The van der Waals surface area contributed by atoms with E-state index < -0.39 is 10.8 Å². The highest BCUT2D eigenvalue weighted by Crippen LogP contribution is 2.27. The molecule has 2 aromatic carbocycles. The Morgan fingerprint density at radius 1 is 1.07 bits per heavy atom. The summed E-state index contributed by atoms with van der Waals surface area (Å²) in [6, 6.07) is 17.0. The molecule has 1 aliphatic heterocycles. The van der Waals surface area contributed by atoms with E-state index in [1.807, 2.05) is 48.5 Å². The van der Waals surface area contributed by atoms with Crippen LogP contribution >= 0.6 is 24.0 Å². The third kappa shape index (κ3) is 5.84. The fourth-order valence-corrected chi connectivity index (χ4v) is 4.15.